The highest BCUT2D eigenvalue weighted by Crippen LogP contribution is 2.22. The van der Waals surface area contributed by atoms with Crippen LogP contribution in [0.3, 0.4) is 0 Å². The minimum atomic E-state index is 0.0972. The number of thioether (sulfide) groups is 1. The second-order valence-electron chi connectivity index (χ2n) is 1.64. The average Bonchev–Trinajstić information content (AvgIpc) is 2.61. The van der Waals surface area contributed by atoms with Crippen LogP contribution in [0.4, 0.5) is 5.13 Å². The molecule has 0 amide bonds. The molecule has 74 valence electrons. The first-order valence-electron chi connectivity index (χ1n) is 3.26. The van der Waals surface area contributed by atoms with Gasteiger partial charge in [-0.1, -0.05) is 23.1 Å². The number of hydrogen-bond acceptors (Lipinski definition) is 7. The lowest BCUT2D eigenvalue weighted by Gasteiger charge is -1.81. The molecule has 2 N–H and O–H groups in total. The predicted molar refractivity (Wildman–Crippen MR) is 57.0 cm³/mol. The van der Waals surface area contributed by atoms with E-state index in [0.717, 1.165) is 4.34 Å². The normalized spacial score (nSPS) is 7.93. The maximum Gasteiger partial charge on any atom is 0.203 e. The largest absolute Gasteiger partial charge is 0.374 e. The summed E-state index contributed by atoms with van der Waals surface area (Å²) in [5.41, 5.74) is 5.30. The van der Waals surface area contributed by atoms with E-state index in [1.54, 1.807) is 6.07 Å². The Kier molecular flexibility index (Phi) is 7.95. The van der Waals surface area contributed by atoms with Crippen molar-refractivity contribution in [1.82, 2.24) is 10.2 Å². The Balaban J connectivity index is 0.000000364. The molecule has 0 spiro atoms. The molecule has 0 radical (unpaired) electrons. The van der Waals surface area contributed by atoms with E-state index < -0.39 is 0 Å². The number of nitrogens with zero attached hydrogens (tertiary/aromatic N) is 4. The maximum absolute atomic E-state index is 8.19. The molecule has 8 heteroatoms. The summed E-state index contributed by atoms with van der Waals surface area (Å²) < 4.78 is 0.749. The van der Waals surface area contributed by atoms with Crippen molar-refractivity contribution in [1.29, 1.82) is 10.5 Å². The number of halogens is 1. The molecule has 0 aromatic carbocycles. The van der Waals surface area contributed by atoms with E-state index in [9.17, 15) is 0 Å². The van der Waals surface area contributed by atoms with Crippen molar-refractivity contribution in [2.24, 2.45) is 0 Å². The fourth-order valence-corrected chi connectivity index (χ4v) is 1.67. The molecule has 0 saturated heterocycles. The molecule has 0 aliphatic rings. The van der Waals surface area contributed by atoms with E-state index in [-0.39, 0.29) is 5.88 Å². The van der Waals surface area contributed by atoms with Gasteiger partial charge in [0.05, 0.1) is 17.9 Å². The third-order valence-electron chi connectivity index (χ3n) is 0.742. The van der Waals surface area contributed by atoms with Crippen molar-refractivity contribution in [2.45, 2.75) is 4.34 Å². The van der Waals surface area contributed by atoms with E-state index in [1.165, 1.54) is 23.1 Å². The standard InChI is InChI=1S/C4H4N4S2.C2H2ClN/c5-1-2-9-4-8-7-3(6)10-4;3-1-2-4/h2H2,(H2,6,7);1H2. The molecule has 5 nitrogen and oxygen atoms in total. The van der Waals surface area contributed by atoms with Crippen LogP contribution < -0.4 is 5.73 Å². The highest BCUT2D eigenvalue weighted by Gasteiger charge is 1.99. The van der Waals surface area contributed by atoms with Crippen LogP contribution in [-0.4, -0.2) is 21.8 Å². The molecule has 0 saturated carbocycles. The van der Waals surface area contributed by atoms with Crippen LogP contribution in [-0.2, 0) is 0 Å². The first kappa shape index (κ1) is 13.0. The van der Waals surface area contributed by atoms with Gasteiger partial charge in [-0.25, -0.2) is 0 Å². The lowest BCUT2D eigenvalue weighted by atomic mass is 10.9. The van der Waals surface area contributed by atoms with Crippen molar-refractivity contribution < 1.29 is 0 Å². The Morgan fingerprint density at radius 1 is 1.43 bits per heavy atom. The molecule has 0 unspecified atom stereocenters. The number of anilines is 1. The summed E-state index contributed by atoms with van der Waals surface area (Å²) in [6.07, 6.45) is 0. The molecular weight excluding hydrogens is 242 g/mol. The number of hydrogen-bond donors (Lipinski definition) is 1. The quantitative estimate of drug-likeness (QED) is 0.628. The molecule has 0 atom stereocenters. The zero-order valence-corrected chi connectivity index (χ0v) is 9.36. The van der Waals surface area contributed by atoms with Crippen LogP contribution in [0.5, 0.6) is 0 Å². The van der Waals surface area contributed by atoms with Gasteiger partial charge < -0.3 is 5.73 Å². The Morgan fingerprint density at radius 2 is 2.07 bits per heavy atom. The van der Waals surface area contributed by atoms with Gasteiger partial charge in [0.25, 0.3) is 0 Å². The SMILES string of the molecule is N#CCCl.N#CCSc1nnc(N)s1. The summed E-state index contributed by atoms with van der Waals surface area (Å²) in [5.74, 6) is 0.495. The van der Waals surface area contributed by atoms with E-state index in [1.807, 2.05) is 6.07 Å². The third-order valence-corrected chi connectivity index (χ3v) is 2.61. The summed E-state index contributed by atoms with van der Waals surface area (Å²) in [6, 6.07) is 3.68. The van der Waals surface area contributed by atoms with Gasteiger partial charge in [-0.3, -0.25) is 0 Å². The molecule has 0 fully saturated rings. The summed E-state index contributed by atoms with van der Waals surface area (Å²) in [5, 5.41) is 23.4. The van der Waals surface area contributed by atoms with Crippen molar-refractivity contribution in [3.8, 4) is 12.1 Å². The van der Waals surface area contributed by atoms with E-state index in [2.05, 4.69) is 10.2 Å². The maximum atomic E-state index is 8.19. The fraction of sp³-hybridized carbons (Fsp3) is 0.333. The van der Waals surface area contributed by atoms with Crippen LogP contribution in [0.1, 0.15) is 0 Å². The van der Waals surface area contributed by atoms with Crippen LogP contribution >= 0.6 is 34.7 Å². The van der Waals surface area contributed by atoms with Gasteiger partial charge in [0.15, 0.2) is 4.34 Å². The first-order valence-corrected chi connectivity index (χ1v) is 5.60. The molecule has 0 bridgehead atoms. The number of nitrogen functional groups attached to an aromatic ring is 1. The molecule has 1 aromatic heterocycles. The third kappa shape index (κ3) is 6.49. The van der Waals surface area contributed by atoms with E-state index >= 15 is 0 Å². The summed E-state index contributed by atoms with van der Waals surface area (Å²) >= 11 is 7.46. The highest BCUT2D eigenvalue weighted by atomic mass is 35.5. The lowest BCUT2D eigenvalue weighted by molar-refractivity contribution is 1.02. The minimum Gasteiger partial charge on any atom is -0.374 e. The number of nitriles is 2. The molecular formula is C6H6ClN5S2. The van der Waals surface area contributed by atoms with Crippen molar-refractivity contribution in [3.63, 3.8) is 0 Å². The zero-order valence-electron chi connectivity index (χ0n) is 6.97. The van der Waals surface area contributed by atoms with Crippen molar-refractivity contribution in [2.75, 3.05) is 17.4 Å². The van der Waals surface area contributed by atoms with Crippen LogP contribution in [0.15, 0.2) is 4.34 Å². The number of alkyl halides is 1. The van der Waals surface area contributed by atoms with Crippen LogP contribution in [0.25, 0.3) is 0 Å². The van der Waals surface area contributed by atoms with Gasteiger partial charge in [-0.2, -0.15) is 10.5 Å². The molecule has 1 rings (SSSR count). The van der Waals surface area contributed by atoms with E-state index in [4.69, 9.17) is 27.9 Å². The predicted octanol–water partition coefficient (Wildman–Crippen LogP) is 1.48. The zero-order chi connectivity index (χ0) is 10.8. The lowest BCUT2D eigenvalue weighted by Crippen LogP contribution is -1.79. The van der Waals surface area contributed by atoms with Crippen molar-refractivity contribution >= 4 is 39.8 Å². The molecule has 0 aliphatic carbocycles. The Morgan fingerprint density at radius 3 is 2.43 bits per heavy atom. The second-order valence-corrected chi connectivity index (χ2v) is 4.14. The fourth-order valence-electron chi connectivity index (χ4n) is 0.373. The Labute approximate surface area is 94.5 Å². The molecule has 14 heavy (non-hydrogen) atoms. The van der Waals surface area contributed by atoms with Gasteiger partial charge >= 0.3 is 0 Å². The van der Waals surface area contributed by atoms with E-state index in [0.29, 0.717) is 10.9 Å². The number of aromatic nitrogens is 2. The summed E-state index contributed by atoms with van der Waals surface area (Å²) in [4.78, 5) is 0. The minimum absolute atomic E-state index is 0.0972. The van der Waals surface area contributed by atoms with Crippen LogP contribution in [0, 0.1) is 22.7 Å². The smallest absolute Gasteiger partial charge is 0.203 e. The van der Waals surface area contributed by atoms with Crippen molar-refractivity contribution in [3.05, 3.63) is 0 Å². The van der Waals surface area contributed by atoms with Gasteiger partial charge in [0.1, 0.15) is 5.88 Å². The number of rotatable bonds is 2. The topological polar surface area (TPSA) is 99.4 Å². The van der Waals surface area contributed by atoms with Gasteiger partial charge in [0, 0.05) is 0 Å². The molecule has 0 aliphatic heterocycles. The number of nitrogens with two attached hydrogens (primary N) is 1. The van der Waals surface area contributed by atoms with Gasteiger partial charge in [0.2, 0.25) is 5.13 Å². The summed E-state index contributed by atoms with van der Waals surface area (Å²) in [6.45, 7) is 0. The first-order chi connectivity index (χ1) is 6.74. The van der Waals surface area contributed by atoms with Crippen LogP contribution in [0.2, 0.25) is 0 Å². The average molecular weight is 248 g/mol. The molecule has 1 heterocycles. The Hall–Kier alpha value is -1.02. The van der Waals surface area contributed by atoms with Gasteiger partial charge in [-0.15, -0.1) is 21.8 Å². The summed E-state index contributed by atoms with van der Waals surface area (Å²) in [7, 11) is 0. The highest BCUT2D eigenvalue weighted by molar-refractivity contribution is 8.01. The monoisotopic (exact) mass is 247 g/mol. The van der Waals surface area contributed by atoms with Gasteiger partial charge in [-0.05, 0) is 0 Å². The Bertz CT molecular complexity index is 339. The second kappa shape index (κ2) is 8.57. The molecule has 1 aromatic rings.